The smallest absolute Gasteiger partial charge is 0.0622 e. The highest BCUT2D eigenvalue weighted by Crippen LogP contribution is 2.22. The Kier molecular flexibility index (Phi) is 4.58. The van der Waals surface area contributed by atoms with E-state index in [1.807, 2.05) is 0 Å². The number of hydrogen-bond donors (Lipinski definition) is 1. The SMILES string of the molecule is N#CCCCNc1cc(Cl)cc(Cl)c1. The first kappa shape index (κ1) is 11.2. The molecule has 2 nitrogen and oxygen atoms in total. The molecule has 1 N–H and O–H groups in total. The van der Waals surface area contributed by atoms with Crippen molar-refractivity contribution in [3.05, 3.63) is 28.2 Å². The number of benzene rings is 1. The largest absolute Gasteiger partial charge is 0.385 e. The Hall–Kier alpha value is -0.910. The number of unbranched alkanes of at least 4 members (excludes halogenated alkanes) is 1. The Balaban J connectivity index is 2.47. The van der Waals surface area contributed by atoms with E-state index in [0.29, 0.717) is 16.5 Å². The molecule has 1 aromatic carbocycles. The van der Waals surface area contributed by atoms with Gasteiger partial charge in [0.1, 0.15) is 0 Å². The second-order valence-electron chi connectivity index (χ2n) is 2.85. The minimum absolute atomic E-state index is 0.557. The summed E-state index contributed by atoms with van der Waals surface area (Å²) in [7, 11) is 0. The zero-order valence-electron chi connectivity index (χ0n) is 7.56. The van der Waals surface area contributed by atoms with E-state index in [0.717, 1.165) is 18.7 Å². The molecule has 1 rings (SSSR count). The molecule has 0 aliphatic carbocycles. The van der Waals surface area contributed by atoms with Gasteiger partial charge < -0.3 is 5.32 Å². The quantitative estimate of drug-likeness (QED) is 0.798. The van der Waals surface area contributed by atoms with Crippen molar-refractivity contribution < 1.29 is 0 Å². The Morgan fingerprint density at radius 1 is 1.21 bits per heavy atom. The second kappa shape index (κ2) is 5.74. The Bertz CT molecular complexity index is 324. The molecule has 0 heterocycles. The van der Waals surface area contributed by atoms with Crippen molar-refractivity contribution in [2.24, 2.45) is 0 Å². The first-order valence-electron chi connectivity index (χ1n) is 4.29. The molecule has 0 aromatic heterocycles. The van der Waals surface area contributed by atoms with Crippen LogP contribution in [0.15, 0.2) is 18.2 Å². The molecule has 0 saturated heterocycles. The third kappa shape index (κ3) is 3.87. The average Bonchev–Trinajstić information content (AvgIpc) is 2.11. The molecule has 74 valence electrons. The second-order valence-corrected chi connectivity index (χ2v) is 3.72. The van der Waals surface area contributed by atoms with Crippen LogP contribution < -0.4 is 5.32 Å². The number of rotatable bonds is 4. The van der Waals surface area contributed by atoms with Crippen molar-refractivity contribution in [3.63, 3.8) is 0 Å². The van der Waals surface area contributed by atoms with Gasteiger partial charge in [0.15, 0.2) is 0 Å². The number of nitriles is 1. The highest BCUT2D eigenvalue weighted by atomic mass is 35.5. The molecule has 0 fully saturated rings. The van der Waals surface area contributed by atoms with Crippen molar-refractivity contribution in [3.8, 4) is 6.07 Å². The number of nitrogens with zero attached hydrogens (tertiary/aromatic N) is 1. The van der Waals surface area contributed by atoms with Crippen molar-refractivity contribution in [1.82, 2.24) is 0 Å². The summed E-state index contributed by atoms with van der Waals surface area (Å²) in [6, 6.07) is 7.38. The first-order chi connectivity index (χ1) is 6.72. The fourth-order valence-corrected chi connectivity index (χ4v) is 1.58. The summed E-state index contributed by atoms with van der Waals surface area (Å²) in [5.41, 5.74) is 0.889. The lowest BCUT2D eigenvalue weighted by Gasteiger charge is -2.05. The molecule has 0 atom stereocenters. The summed E-state index contributed by atoms with van der Waals surface area (Å²) in [4.78, 5) is 0. The van der Waals surface area contributed by atoms with E-state index in [2.05, 4.69) is 11.4 Å². The topological polar surface area (TPSA) is 35.8 Å². The molecule has 0 amide bonds. The monoisotopic (exact) mass is 228 g/mol. The lowest BCUT2D eigenvalue weighted by molar-refractivity contribution is 0.897. The highest BCUT2D eigenvalue weighted by molar-refractivity contribution is 6.35. The van der Waals surface area contributed by atoms with Crippen LogP contribution in [-0.2, 0) is 0 Å². The van der Waals surface area contributed by atoms with Crippen LogP contribution in [0.5, 0.6) is 0 Å². The van der Waals surface area contributed by atoms with Gasteiger partial charge in [-0.25, -0.2) is 0 Å². The van der Waals surface area contributed by atoms with Gasteiger partial charge in [-0.2, -0.15) is 5.26 Å². The van der Waals surface area contributed by atoms with Crippen LogP contribution in [0.3, 0.4) is 0 Å². The van der Waals surface area contributed by atoms with Crippen molar-refractivity contribution in [2.75, 3.05) is 11.9 Å². The number of hydrogen-bond acceptors (Lipinski definition) is 2. The standard InChI is InChI=1S/C10H10Cl2N2/c11-8-5-9(12)7-10(6-8)14-4-2-1-3-13/h5-7,14H,1-2,4H2. The van der Waals surface area contributed by atoms with Crippen molar-refractivity contribution in [1.29, 1.82) is 5.26 Å². The van der Waals surface area contributed by atoms with Gasteiger partial charge >= 0.3 is 0 Å². The van der Waals surface area contributed by atoms with E-state index >= 15 is 0 Å². The van der Waals surface area contributed by atoms with Crippen LogP contribution in [-0.4, -0.2) is 6.54 Å². The lowest BCUT2D eigenvalue weighted by atomic mass is 10.3. The van der Waals surface area contributed by atoms with Crippen LogP contribution in [0.25, 0.3) is 0 Å². The molecule has 0 unspecified atom stereocenters. The number of halogens is 2. The van der Waals surface area contributed by atoms with Gasteiger partial charge in [-0.1, -0.05) is 23.2 Å². The molecular weight excluding hydrogens is 219 g/mol. The van der Waals surface area contributed by atoms with Crippen LogP contribution in [0.4, 0.5) is 5.69 Å². The van der Waals surface area contributed by atoms with Gasteiger partial charge in [-0.3, -0.25) is 0 Å². The predicted molar refractivity (Wildman–Crippen MR) is 59.8 cm³/mol. The zero-order valence-corrected chi connectivity index (χ0v) is 9.07. The van der Waals surface area contributed by atoms with Crippen molar-refractivity contribution in [2.45, 2.75) is 12.8 Å². The van der Waals surface area contributed by atoms with E-state index in [4.69, 9.17) is 28.5 Å². The molecule has 14 heavy (non-hydrogen) atoms. The maximum atomic E-state index is 8.33. The van der Waals surface area contributed by atoms with E-state index < -0.39 is 0 Å². The zero-order chi connectivity index (χ0) is 10.4. The van der Waals surface area contributed by atoms with Crippen molar-refractivity contribution >= 4 is 28.9 Å². The van der Waals surface area contributed by atoms with Gasteiger partial charge in [0, 0.05) is 28.7 Å². The first-order valence-corrected chi connectivity index (χ1v) is 5.05. The fraction of sp³-hybridized carbons (Fsp3) is 0.300. The lowest BCUT2D eigenvalue weighted by Crippen LogP contribution is -2.00. The van der Waals surface area contributed by atoms with Crippen LogP contribution in [0.2, 0.25) is 10.0 Å². The Morgan fingerprint density at radius 2 is 1.86 bits per heavy atom. The predicted octanol–water partition coefficient (Wildman–Crippen LogP) is 3.71. The molecule has 0 radical (unpaired) electrons. The summed E-state index contributed by atoms with van der Waals surface area (Å²) in [6.07, 6.45) is 1.38. The average molecular weight is 229 g/mol. The maximum Gasteiger partial charge on any atom is 0.0622 e. The van der Waals surface area contributed by atoms with E-state index in [-0.39, 0.29) is 0 Å². The molecular formula is C10H10Cl2N2. The third-order valence-corrected chi connectivity index (χ3v) is 2.09. The van der Waals surface area contributed by atoms with Crippen LogP contribution in [0, 0.1) is 11.3 Å². The van der Waals surface area contributed by atoms with Gasteiger partial charge in [0.2, 0.25) is 0 Å². The summed E-state index contributed by atoms with van der Waals surface area (Å²) < 4.78 is 0. The Morgan fingerprint density at radius 3 is 2.43 bits per heavy atom. The number of nitrogens with one attached hydrogen (secondary N) is 1. The van der Waals surface area contributed by atoms with E-state index in [1.54, 1.807) is 18.2 Å². The van der Waals surface area contributed by atoms with Gasteiger partial charge in [-0.05, 0) is 24.6 Å². The Labute approximate surface area is 93.4 Å². The minimum Gasteiger partial charge on any atom is -0.385 e. The highest BCUT2D eigenvalue weighted by Gasteiger charge is 1.96. The molecule has 4 heteroatoms. The third-order valence-electron chi connectivity index (χ3n) is 1.66. The summed E-state index contributed by atoms with van der Waals surface area (Å²) in [5.74, 6) is 0. The molecule has 0 spiro atoms. The van der Waals surface area contributed by atoms with Gasteiger partial charge in [-0.15, -0.1) is 0 Å². The minimum atomic E-state index is 0.557. The van der Waals surface area contributed by atoms with Crippen LogP contribution in [0.1, 0.15) is 12.8 Å². The normalized spacial score (nSPS) is 9.50. The molecule has 0 aliphatic rings. The molecule has 1 aromatic rings. The van der Waals surface area contributed by atoms with Gasteiger partial charge in [0.25, 0.3) is 0 Å². The van der Waals surface area contributed by atoms with Crippen LogP contribution >= 0.6 is 23.2 Å². The van der Waals surface area contributed by atoms with E-state index in [1.165, 1.54) is 0 Å². The summed E-state index contributed by atoms with van der Waals surface area (Å²) >= 11 is 11.6. The summed E-state index contributed by atoms with van der Waals surface area (Å²) in [5, 5.41) is 12.7. The molecule has 0 aliphatic heterocycles. The molecule has 0 bridgehead atoms. The fourth-order valence-electron chi connectivity index (χ4n) is 1.06. The number of anilines is 1. The van der Waals surface area contributed by atoms with Gasteiger partial charge in [0.05, 0.1) is 6.07 Å². The molecule has 0 saturated carbocycles. The summed E-state index contributed by atoms with van der Waals surface area (Å²) in [6.45, 7) is 0.754. The maximum absolute atomic E-state index is 8.33. The van der Waals surface area contributed by atoms with E-state index in [9.17, 15) is 0 Å².